The lowest BCUT2D eigenvalue weighted by Gasteiger charge is -2.60. The van der Waals surface area contributed by atoms with Crippen molar-refractivity contribution >= 4 is 208 Å². The van der Waals surface area contributed by atoms with Crippen molar-refractivity contribution < 1.29 is 123 Å². The lowest BCUT2D eigenvalue weighted by molar-refractivity contribution is -0.125. The molecule has 6 saturated heterocycles. The third-order valence-electron chi connectivity index (χ3n) is 9.67. The van der Waals surface area contributed by atoms with Gasteiger partial charge in [-0.1, -0.05) is 0 Å². The van der Waals surface area contributed by atoms with Crippen molar-refractivity contribution in [2.24, 2.45) is 0 Å². The third-order valence-corrected chi connectivity index (χ3v) is 87.1. The average molecular weight is 1700 g/mol. The van der Waals surface area contributed by atoms with Crippen molar-refractivity contribution in [3.8, 4) is 0 Å². The first kappa shape index (κ1) is 81.3. The van der Waals surface area contributed by atoms with Crippen molar-refractivity contribution in [3.63, 3.8) is 0 Å². The molecule has 0 spiro atoms. The first-order valence-electron chi connectivity index (χ1n) is 30.2. The monoisotopic (exact) mass is 1690 g/mol. The fourth-order valence-corrected chi connectivity index (χ4v) is 106. The summed E-state index contributed by atoms with van der Waals surface area (Å²) in [6.07, 6.45) is 0. The number of hydrogen-bond acceptors (Lipinski definition) is 30. The average Bonchev–Trinajstić information content (AvgIpc) is 0.683. The fourth-order valence-electron chi connectivity index (χ4n) is 8.76. The minimum Gasteiger partial charge on any atom is -0.396 e. The summed E-state index contributed by atoms with van der Waals surface area (Å²) >= 11 is 0. The van der Waals surface area contributed by atoms with Crippen molar-refractivity contribution in [2.75, 3.05) is 0 Å². The first-order chi connectivity index (χ1) is 39.2. The summed E-state index contributed by atoms with van der Waals surface area (Å²) in [7, 11) is -108. The highest BCUT2D eigenvalue weighted by Crippen LogP contribution is 2.55. The van der Waals surface area contributed by atoms with Crippen molar-refractivity contribution in [3.05, 3.63) is 0 Å². The van der Waals surface area contributed by atoms with Gasteiger partial charge < -0.3 is 123 Å². The van der Waals surface area contributed by atoms with Gasteiger partial charge in [-0.2, -0.15) is 0 Å². The lowest BCUT2D eigenvalue weighted by Crippen LogP contribution is -2.92. The van der Waals surface area contributed by atoms with Crippen molar-refractivity contribution in [2.45, 2.75) is 236 Å². The fraction of sp³-hybridized carbons (Fsp3) is 1.00. The van der Waals surface area contributed by atoms with Crippen LogP contribution >= 0.6 is 0 Å². The molecule has 90 heavy (non-hydrogen) atoms. The predicted octanol–water partition coefficient (Wildman–Crippen LogP) is 9.83. The summed E-state index contributed by atoms with van der Waals surface area (Å²) in [6.45, 7) is 68.5. The smallest absolute Gasteiger partial charge is 0.396 e. The molecule has 30 nitrogen and oxygen atoms in total. The maximum absolute atomic E-state index is 7.92. The maximum Gasteiger partial charge on any atom is 0.651 e. The molecule has 0 amide bonds. The molecule has 0 N–H and O–H groups in total. The summed E-state index contributed by atoms with van der Waals surface area (Å²) in [5.41, 5.74) is 0. The Morgan fingerprint density at radius 2 is 0.156 bits per heavy atom. The molecule has 0 unspecified atom stereocenters. The van der Waals surface area contributed by atoms with Gasteiger partial charge in [-0.05, 0) is 236 Å². The van der Waals surface area contributed by atoms with E-state index in [2.05, 4.69) is 0 Å². The van der Waals surface area contributed by atoms with Crippen LogP contribution in [0.5, 0.6) is 0 Å². The van der Waals surface area contributed by atoms with Crippen LogP contribution in [0.15, 0.2) is 0 Å². The van der Waals surface area contributed by atoms with E-state index in [9.17, 15) is 0 Å². The second-order valence-electron chi connectivity index (χ2n) is 34.4. The summed E-state index contributed by atoms with van der Waals surface area (Å²) < 4.78 is 233. The molecular weight excluding hydrogens is 1590 g/mol. The summed E-state index contributed by atoms with van der Waals surface area (Å²) in [5, 5.41) is 0. The Labute approximate surface area is 562 Å². The zero-order chi connectivity index (χ0) is 69.2. The SMILES string of the molecule is C[Si](C)(C)O[Si]12O[Si]3(O[Si](C)(C)C)O[Si]4(O[Si](C)(C)C)O[Si](O[Si](C)(C)C)(O1)O[Si]1(O[Si](C)(C)C)O[Si](O[Si](C)(C)C)(O4)O[Si]4(O[Si](C)(C)C)O[Si](O[Si](C)(C)C)(O1)O[Si]1(O[Si](C)(C)C)O[Si](O[Si](C)(C)C)(O[Si](O[Si](C)(C)C)(O[Si](O[Si](C)(C)C)(O2)O1)O3)O4. The normalized spacial score (nSPS) is 39.6. The van der Waals surface area contributed by atoms with Crippen molar-refractivity contribution in [1.29, 1.82) is 0 Å². The molecule has 6 aliphatic rings. The Morgan fingerprint density at radius 1 is 0.111 bits per heavy atom. The van der Waals surface area contributed by atoms with E-state index in [0.717, 1.165) is 0 Å². The highest BCUT2D eigenvalue weighted by Gasteiger charge is 2.94. The van der Waals surface area contributed by atoms with Gasteiger partial charge in [0.2, 0.25) is 0 Å². The van der Waals surface area contributed by atoms with Gasteiger partial charge in [0.05, 0.1) is 0 Å². The van der Waals surface area contributed by atoms with Gasteiger partial charge in [-0.3, -0.25) is 0 Å². The second-order valence-corrected chi connectivity index (χ2v) is 122. The van der Waals surface area contributed by atoms with E-state index in [1.54, 1.807) is 0 Å². The van der Waals surface area contributed by atoms with Crippen LogP contribution in [0.25, 0.3) is 0 Å². The van der Waals surface area contributed by atoms with Gasteiger partial charge in [0.25, 0.3) is 0 Å². The molecule has 528 valence electrons. The van der Waals surface area contributed by atoms with Gasteiger partial charge in [-0.25, -0.2) is 0 Å². The Morgan fingerprint density at radius 3 is 0.189 bits per heavy atom. The van der Waals surface area contributed by atoms with E-state index in [1.807, 2.05) is 236 Å². The van der Waals surface area contributed by atoms with Crippen LogP contribution in [-0.2, 0) is 123 Å². The number of rotatable bonds is 24. The van der Waals surface area contributed by atoms with Gasteiger partial charge in [-0.15, -0.1) is 0 Å². The van der Waals surface area contributed by atoms with Crippen LogP contribution < -0.4 is 0 Å². The van der Waals surface area contributed by atoms with Crippen LogP contribution in [0.3, 0.4) is 0 Å². The van der Waals surface area contributed by atoms with E-state index in [4.69, 9.17) is 123 Å². The minimum absolute atomic E-state index is 1.90. The van der Waals surface area contributed by atoms with Gasteiger partial charge >= 0.3 is 109 Å². The molecule has 6 aliphatic heterocycles. The maximum atomic E-state index is 7.92. The van der Waals surface area contributed by atoms with Crippen LogP contribution in [0.2, 0.25) is 236 Å². The van der Waals surface area contributed by atoms with E-state index < -0.39 is 208 Å². The van der Waals surface area contributed by atoms with Crippen LogP contribution in [0.4, 0.5) is 0 Å². The van der Waals surface area contributed by atoms with E-state index in [1.165, 1.54) is 0 Å². The zero-order valence-corrected chi connectivity index (χ0v) is 84.2. The largest absolute Gasteiger partial charge is 0.651 e. The molecule has 12 bridgehead atoms. The number of fused-ring (bicyclic) bond motifs is 12. The van der Waals surface area contributed by atoms with Crippen LogP contribution in [0, 0.1) is 0 Å². The highest BCUT2D eigenvalue weighted by molar-refractivity contribution is 7.06. The molecule has 0 radical (unpaired) electrons. The van der Waals surface area contributed by atoms with Crippen molar-refractivity contribution in [1.82, 2.24) is 0 Å². The van der Waals surface area contributed by atoms with Gasteiger partial charge in [0.15, 0.2) is 99.8 Å². The minimum atomic E-state index is -5.72. The Bertz CT molecular complexity index is 1950. The third kappa shape index (κ3) is 22.5. The Hall–Kier alpha value is 4.01. The first-order valence-corrected chi connectivity index (χ1v) is 90.7. The summed E-state index contributed by atoms with van der Waals surface area (Å²) in [4.78, 5) is 0. The molecule has 0 saturated carbocycles. The molecule has 0 aromatic rings. The zero-order valence-electron chi connectivity index (χ0n) is 60.2. The van der Waals surface area contributed by atoms with Gasteiger partial charge in [0.1, 0.15) is 0 Å². The Balaban J connectivity index is 1.96. The molecule has 0 aromatic carbocycles. The molecule has 6 rings (SSSR count). The highest BCUT2D eigenvalue weighted by atomic mass is 28.7. The van der Waals surface area contributed by atoms with E-state index in [0.29, 0.717) is 0 Å². The lowest BCUT2D eigenvalue weighted by atomic mass is 11.8. The quantitative estimate of drug-likeness (QED) is 0.0813. The number of hydrogen-bond donors (Lipinski definition) is 0. The molecular formula is C36H108O30Si24. The summed E-state index contributed by atoms with van der Waals surface area (Å²) in [6, 6.07) is 0. The van der Waals surface area contributed by atoms with E-state index in [-0.39, 0.29) is 0 Å². The predicted molar refractivity (Wildman–Crippen MR) is 382 cm³/mol. The van der Waals surface area contributed by atoms with E-state index >= 15 is 0 Å². The molecule has 0 aromatic heterocycles. The molecule has 6 heterocycles. The molecule has 0 aliphatic carbocycles. The molecule has 6 fully saturated rings. The standard InChI is InChI=1S/C36H108O30Si24/c1-67(2,3)37-79-49-80(38-68(4,5)6)57-83(41-71(13,14)15)50-81(55-79,39-69(7,8)9)59-85(43-73(19,20)21)52-87(61-83,45-75(25,26)27)65-90(48-78(34,35)36)54-89(63-85,47-77(31,32)33)64-86(44-74(22,23)24)53-88(66-90,46-76(28,29)30)62-84(58-80,42-72(16,17)18)51-82(56-79,60-86)40-70(10,11)12/h1-36H3. The second kappa shape index (κ2) is 24.8. The Kier molecular flexibility index (Phi) is 22.4. The topological polar surface area (TPSA) is 277 Å². The summed E-state index contributed by atoms with van der Waals surface area (Å²) in [5.74, 6) is 0. The van der Waals surface area contributed by atoms with Gasteiger partial charge in [0, 0.05) is 0 Å². The molecule has 54 heteroatoms. The molecule has 0 atom stereocenters. The van der Waals surface area contributed by atoms with Crippen LogP contribution in [-0.4, -0.2) is 208 Å². The van der Waals surface area contributed by atoms with Crippen LogP contribution in [0.1, 0.15) is 0 Å².